The summed E-state index contributed by atoms with van der Waals surface area (Å²) in [7, 11) is -3.71. The van der Waals surface area contributed by atoms with Crippen LogP contribution in [0.1, 0.15) is 5.56 Å². The van der Waals surface area contributed by atoms with Crippen molar-refractivity contribution in [3.05, 3.63) is 60.3 Å². The minimum absolute atomic E-state index is 0.0655. The van der Waals surface area contributed by atoms with Crippen LogP contribution in [0.15, 0.2) is 59.6 Å². The van der Waals surface area contributed by atoms with E-state index in [0.717, 1.165) is 10.9 Å². The largest absolute Gasteiger partial charge is 0.361 e. The van der Waals surface area contributed by atoms with Gasteiger partial charge in [-0.25, -0.2) is 8.42 Å². The van der Waals surface area contributed by atoms with Crippen molar-refractivity contribution in [2.24, 2.45) is 0 Å². The summed E-state index contributed by atoms with van der Waals surface area (Å²) in [6, 6.07) is 14.9. The molecule has 0 fully saturated rings. The first-order valence-corrected chi connectivity index (χ1v) is 7.67. The Bertz CT molecular complexity index is 952. The lowest BCUT2D eigenvalue weighted by molar-refractivity contribution is 0.601. The van der Waals surface area contributed by atoms with Gasteiger partial charge in [0.2, 0.25) is 0 Å². The third-order valence-corrected chi connectivity index (χ3v) is 4.46. The zero-order chi connectivity index (χ0) is 14.9. The summed E-state index contributed by atoms with van der Waals surface area (Å²) in [5, 5.41) is 9.76. The molecule has 2 aromatic carbocycles. The van der Waals surface area contributed by atoms with Crippen LogP contribution in [0.25, 0.3) is 10.9 Å². The average molecular weight is 297 g/mol. The van der Waals surface area contributed by atoms with Crippen molar-refractivity contribution < 1.29 is 8.42 Å². The quantitative estimate of drug-likeness (QED) is 0.779. The Morgan fingerprint density at radius 1 is 1.10 bits per heavy atom. The first kappa shape index (κ1) is 13.2. The molecule has 1 heterocycles. The zero-order valence-corrected chi connectivity index (χ0v) is 11.7. The maximum Gasteiger partial charge on any atom is 0.261 e. The number of H-pyrrole nitrogens is 1. The highest BCUT2D eigenvalue weighted by atomic mass is 32.2. The molecule has 0 aliphatic heterocycles. The average Bonchev–Trinajstić information content (AvgIpc) is 2.94. The Morgan fingerprint density at radius 2 is 1.95 bits per heavy atom. The fourth-order valence-electron chi connectivity index (χ4n) is 2.06. The van der Waals surface area contributed by atoms with Gasteiger partial charge in [0, 0.05) is 22.8 Å². The number of aromatic amines is 1. The Kier molecular flexibility index (Phi) is 3.12. The molecule has 0 radical (unpaired) electrons. The summed E-state index contributed by atoms with van der Waals surface area (Å²) in [5.41, 5.74) is 1.72. The SMILES string of the molecule is N#Cc1cccc(S(=O)(=O)Nc2ccc3[nH]ccc3c2)c1. The topological polar surface area (TPSA) is 85.8 Å². The molecule has 5 nitrogen and oxygen atoms in total. The number of hydrogen-bond donors (Lipinski definition) is 2. The molecular formula is C15H11N3O2S. The van der Waals surface area contributed by atoms with E-state index in [0.29, 0.717) is 11.3 Å². The summed E-state index contributed by atoms with van der Waals surface area (Å²) in [6.45, 7) is 0. The molecule has 3 aromatic rings. The van der Waals surface area contributed by atoms with Crippen LogP contribution in [-0.2, 0) is 10.0 Å². The van der Waals surface area contributed by atoms with Crippen molar-refractivity contribution in [2.75, 3.05) is 4.72 Å². The fraction of sp³-hybridized carbons (Fsp3) is 0. The molecule has 0 bridgehead atoms. The standard InChI is InChI=1S/C15H11N3O2S/c16-10-11-2-1-3-14(8-11)21(19,20)18-13-4-5-15-12(9-13)6-7-17-15/h1-9,17-18H. The molecule has 0 spiro atoms. The molecule has 0 aliphatic rings. The zero-order valence-electron chi connectivity index (χ0n) is 10.9. The van der Waals surface area contributed by atoms with E-state index in [9.17, 15) is 8.42 Å². The van der Waals surface area contributed by atoms with Crippen LogP contribution in [0.4, 0.5) is 5.69 Å². The molecule has 104 valence electrons. The van der Waals surface area contributed by atoms with Crippen LogP contribution in [0, 0.1) is 11.3 Å². The molecule has 0 amide bonds. The van der Waals surface area contributed by atoms with E-state index in [1.807, 2.05) is 12.1 Å². The van der Waals surface area contributed by atoms with Crippen molar-refractivity contribution in [2.45, 2.75) is 4.90 Å². The highest BCUT2D eigenvalue weighted by Gasteiger charge is 2.14. The van der Waals surface area contributed by atoms with Crippen molar-refractivity contribution in [1.29, 1.82) is 5.26 Å². The number of fused-ring (bicyclic) bond motifs is 1. The molecule has 0 atom stereocenters. The van der Waals surface area contributed by atoms with E-state index < -0.39 is 10.0 Å². The highest BCUT2D eigenvalue weighted by molar-refractivity contribution is 7.92. The summed E-state index contributed by atoms with van der Waals surface area (Å²) in [6.07, 6.45) is 1.79. The van der Waals surface area contributed by atoms with Crippen LogP contribution in [0.3, 0.4) is 0 Å². The predicted molar refractivity (Wildman–Crippen MR) is 80.3 cm³/mol. The van der Waals surface area contributed by atoms with Crippen molar-refractivity contribution in [3.8, 4) is 6.07 Å². The van der Waals surface area contributed by atoms with Crippen LogP contribution in [0.5, 0.6) is 0 Å². The summed E-state index contributed by atoms with van der Waals surface area (Å²) < 4.78 is 27.1. The van der Waals surface area contributed by atoms with Gasteiger partial charge in [0.25, 0.3) is 10.0 Å². The summed E-state index contributed by atoms with van der Waals surface area (Å²) in [5.74, 6) is 0. The molecule has 3 rings (SSSR count). The molecule has 1 aromatic heterocycles. The van der Waals surface area contributed by atoms with E-state index in [4.69, 9.17) is 5.26 Å². The highest BCUT2D eigenvalue weighted by Crippen LogP contribution is 2.21. The minimum atomic E-state index is -3.71. The van der Waals surface area contributed by atoms with Crippen molar-refractivity contribution in [3.63, 3.8) is 0 Å². The number of aromatic nitrogens is 1. The maximum atomic E-state index is 12.3. The number of nitriles is 1. The molecule has 0 aliphatic carbocycles. The van der Waals surface area contributed by atoms with Gasteiger partial charge in [0.1, 0.15) is 0 Å². The van der Waals surface area contributed by atoms with Gasteiger partial charge < -0.3 is 4.98 Å². The van der Waals surface area contributed by atoms with Gasteiger partial charge in [-0.3, -0.25) is 4.72 Å². The van der Waals surface area contributed by atoms with Gasteiger partial charge in [-0.05, 0) is 42.5 Å². The maximum absolute atomic E-state index is 12.3. The van der Waals surface area contributed by atoms with Crippen LogP contribution >= 0.6 is 0 Å². The Balaban J connectivity index is 1.96. The summed E-state index contributed by atoms with van der Waals surface area (Å²) >= 11 is 0. The van der Waals surface area contributed by atoms with Gasteiger partial charge >= 0.3 is 0 Å². The number of nitrogens with zero attached hydrogens (tertiary/aromatic N) is 1. The third-order valence-electron chi connectivity index (χ3n) is 3.08. The molecule has 0 unspecified atom stereocenters. The summed E-state index contributed by atoms with van der Waals surface area (Å²) in [4.78, 5) is 3.11. The first-order valence-electron chi connectivity index (χ1n) is 6.19. The van der Waals surface area contributed by atoms with Crippen molar-refractivity contribution in [1.82, 2.24) is 4.98 Å². The lowest BCUT2D eigenvalue weighted by Crippen LogP contribution is -2.12. The Hall–Kier alpha value is -2.78. The smallest absolute Gasteiger partial charge is 0.261 e. The van der Waals surface area contributed by atoms with Gasteiger partial charge in [-0.1, -0.05) is 6.07 Å². The van der Waals surface area contributed by atoms with E-state index in [-0.39, 0.29) is 4.90 Å². The molecule has 0 saturated carbocycles. The number of sulfonamides is 1. The molecule has 2 N–H and O–H groups in total. The lowest BCUT2D eigenvalue weighted by Gasteiger charge is -2.08. The molecular weight excluding hydrogens is 286 g/mol. The third kappa shape index (κ3) is 2.59. The normalized spacial score (nSPS) is 11.2. The first-order chi connectivity index (χ1) is 10.1. The van der Waals surface area contributed by atoms with E-state index in [2.05, 4.69) is 9.71 Å². The predicted octanol–water partition coefficient (Wildman–Crippen LogP) is 2.84. The number of anilines is 1. The fourth-order valence-corrected chi connectivity index (χ4v) is 3.16. The minimum Gasteiger partial charge on any atom is -0.361 e. The number of rotatable bonds is 3. The van der Waals surface area contributed by atoms with Crippen LogP contribution in [0.2, 0.25) is 0 Å². The van der Waals surface area contributed by atoms with E-state index >= 15 is 0 Å². The number of hydrogen-bond acceptors (Lipinski definition) is 3. The molecule has 6 heteroatoms. The van der Waals surface area contributed by atoms with Crippen LogP contribution < -0.4 is 4.72 Å². The van der Waals surface area contributed by atoms with Crippen molar-refractivity contribution >= 4 is 26.6 Å². The van der Waals surface area contributed by atoms with E-state index in [1.165, 1.54) is 12.1 Å². The van der Waals surface area contributed by atoms with Gasteiger partial charge in [0.15, 0.2) is 0 Å². The molecule has 21 heavy (non-hydrogen) atoms. The van der Waals surface area contributed by atoms with Gasteiger partial charge in [-0.15, -0.1) is 0 Å². The number of nitrogens with one attached hydrogen (secondary N) is 2. The van der Waals surface area contributed by atoms with Gasteiger partial charge in [0.05, 0.1) is 16.5 Å². The van der Waals surface area contributed by atoms with Crippen LogP contribution in [-0.4, -0.2) is 13.4 Å². The molecule has 0 saturated heterocycles. The lowest BCUT2D eigenvalue weighted by atomic mass is 10.2. The second-order valence-corrected chi connectivity index (χ2v) is 6.21. The Labute approximate surface area is 121 Å². The van der Waals surface area contributed by atoms with Gasteiger partial charge in [-0.2, -0.15) is 5.26 Å². The Morgan fingerprint density at radius 3 is 2.76 bits per heavy atom. The monoisotopic (exact) mass is 297 g/mol. The number of benzene rings is 2. The van der Waals surface area contributed by atoms with E-state index in [1.54, 1.807) is 36.5 Å². The second kappa shape index (κ2) is 4.96. The second-order valence-electron chi connectivity index (χ2n) is 4.52.